The fraction of sp³-hybridized carbons (Fsp3) is 0.368. The molecular formula is C19H20N4. The van der Waals surface area contributed by atoms with Crippen LogP contribution in [0.4, 0.5) is 5.69 Å². The van der Waals surface area contributed by atoms with Gasteiger partial charge in [-0.2, -0.15) is 10.2 Å². The van der Waals surface area contributed by atoms with Crippen molar-refractivity contribution in [3.63, 3.8) is 0 Å². The number of aromatic nitrogens is 2. The van der Waals surface area contributed by atoms with Crippen LogP contribution in [-0.2, 0) is 0 Å². The molecular weight excluding hydrogens is 284 g/mol. The summed E-state index contributed by atoms with van der Waals surface area (Å²) in [5.41, 5.74) is 4.47. The fourth-order valence-electron chi connectivity index (χ4n) is 3.28. The van der Waals surface area contributed by atoms with Gasteiger partial charge in [-0.1, -0.05) is 31.4 Å². The monoisotopic (exact) mass is 304 g/mol. The van der Waals surface area contributed by atoms with Gasteiger partial charge in [0.2, 0.25) is 0 Å². The predicted molar refractivity (Wildman–Crippen MR) is 93.0 cm³/mol. The second kappa shape index (κ2) is 6.41. The number of para-hydroxylation sites is 2. The molecule has 0 radical (unpaired) electrons. The van der Waals surface area contributed by atoms with Crippen molar-refractivity contribution in [2.24, 2.45) is 16.1 Å². The van der Waals surface area contributed by atoms with Crippen LogP contribution in [0.2, 0.25) is 0 Å². The lowest BCUT2D eigenvalue weighted by Crippen LogP contribution is -2.08. The van der Waals surface area contributed by atoms with Crippen molar-refractivity contribution < 1.29 is 0 Å². The van der Waals surface area contributed by atoms with Gasteiger partial charge >= 0.3 is 0 Å². The maximum atomic E-state index is 4.67. The first-order chi connectivity index (χ1) is 11.4. The van der Waals surface area contributed by atoms with Crippen LogP contribution >= 0.6 is 0 Å². The summed E-state index contributed by atoms with van der Waals surface area (Å²) in [6.45, 7) is 0.849. The third kappa shape index (κ3) is 3.21. The summed E-state index contributed by atoms with van der Waals surface area (Å²) in [5, 5.41) is 8.80. The van der Waals surface area contributed by atoms with Gasteiger partial charge in [0.05, 0.1) is 34.3 Å². The van der Waals surface area contributed by atoms with Crippen molar-refractivity contribution in [1.29, 1.82) is 0 Å². The number of benzene rings is 2. The van der Waals surface area contributed by atoms with E-state index >= 15 is 0 Å². The normalized spacial score (nSPS) is 16.5. The molecule has 1 aliphatic rings. The van der Waals surface area contributed by atoms with Crippen molar-refractivity contribution in [3.05, 3.63) is 42.5 Å². The molecule has 0 aliphatic heterocycles. The molecule has 0 amide bonds. The van der Waals surface area contributed by atoms with E-state index < -0.39 is 0 Å². The van der Waals surface area contributed by atoms with Gasteiger partial charge in [0.25, 0.3) is 0 Å². The van der Waals surface area contributed by atoms with Crippen LogP contribution in [0.1, 0.15) is 32.1 Å². The molecule has 0 spiro atoms. The quantitative estimate of drug-likeness (QED) is 0.477. The van der Waals surface area contributed by atoms with Gasteiger partial charge in [-0.3, -0.25) is 0 Å². The van der Waals surface area contributed by atoms with Crippen LogP contribution in [0.3, 0.4) is 0 Å². The second-order valence-electron chi connectivity index (χ2n) is 6.31. The molecule has 1 aromatic heterocycles. The lowest BCUT2D eigenvalue weighted by Gasteiger charge is -2.18. The summed E-state index contributed by atoms with van der Waals surface area (Å²) < 4.78 is 0. The van der Waals surface area contributed by atoms with Gasteiger partial charge in [-0.25, -0.2) is 9.97 Å². The molecule has 3 aromatic rings. The number of nitrogens with zero attached hydrogens (tertiary/aromatic N) is 4. The summed E-state index contributed by atoms with van der Waals surface area (Å²) in [6, 6.07) is 13.9. The highest BCUT2D eigenvalue weighted by molar-refractivity contribution is 5.87. The van der Waals surface area contributed by atoms with E-state index in [-0.39, 0.29) is 0 Å². The first-order valence-electron chi connectivity index (χ1n) is 8.42. The molecule has 1 saturated carbocycles. The zero-order chi connectivity index (χ0) is 15.5. The second-order valence-corrected chi connectivity index (χ2v) is 6.31. The molecule has 0 bridgehead atoms. The molecule has 116 valence electrons. The minimum atomic E-state index is 0.719. The molecule has 1 heterocycles. The number of hydrogen-bond acceptors (Lipinski definition) is 4. The Balaban J connectivity index is 1.56. The largest absolute Gasteiger partial charge is 0.245 e. The van der Waals surface area contributed by atoms with Crippen LogP contribution in [0, 0.1) is 5.92 Å². The van der Waals surface area contributed by atoms with Gasteiger partial charge < -0.3 is 0 Å². The molecule has 0 unspecified atom stereocenters. The molecule has 4 rings (SSSR count). The molecule has 0 saturated heterocycles. The molecule has 4 nitrogen and oxygen atoms in total. The zero-order valence-corrected chi connectivity index (χ0v) is 13.2. The molecule has 2 aromatic carbocycles. The third-order valence-corrected chi connectivity index (χ3v) is 4.57. The standard InChI is InChI=1S/C19H20N4/c1-2-6-14(7-3-1)13-20-23-15-10-11-18-19(12-15)22-17-9-5-4-8-16(17)21-18/h4-5,8-12,14H,1-3,6-7,13H2. The Morgan fingerprint density at radius 3 is 2.30 bits per heavy atom. The topological polar surface area (TPSA) is 50.5 Å². The fourth-order valence-corrected chi connectivity index (χ4v) is 3.28. The van der Waals surface area contributed by atoms with Crippen molar-refractivity contribution in [1.82, 2.24) is 9.97 Å². The zero-order valence-electron chi connectivity index (χ0n) is 13.2. The van der Waals surface area contributed by atoms with Gasteiger partial charge in [-0.05, 0) is 49.1 Å². The Kier molecular flexibility index (Phi) is 3.97. The summed E-state index contributed by atoms with van der Waals surface area (Å²) in [4.78, 5) is 9.31. The summed E-state index contributed by atoms with van der Waals surface area (Å²) in [7, 11) is 0. The van der Waals surface area contributed by atoms with Crippen molar-refractivity contribution >= 4 is 27.8 Å². The van der Waals surface area contributed by atoms with Crippen LogP contribution in [0.5, 0.6) is 0 Å². The predicted octanol–water partition coefficient (Wildman–Crippen LogP) is 5.45. The average Bonchev–Trinajstić information content (AvgIpc) is 2.61. The average molecular weight is 304 g/mol. The smallest absolute Gasteiger partial charge is 0.0916 e. The van der Waals surface area contributed by atoms with Gasteiger partial charge in [0.15, 0.2) is 0 Å². The summed E-state index contributed by atoms with van der Waals surface area (Å²) in [5.74, 6) is 0.719. The highest BCUT2D eigenvalue weighted by Crippen LogP contribution is 2.25. The van der Waals surface area contributed by atoms with Crippen molar-refractivity contribution in [2.45, 2.75) is 32.1 Å². The Morgan fingerprint density at radius 1 is 0.826 bits per heavy atom. The number of fused-ring (bicyclic) bond motifs is 2. The molecule has 0 N–H and O–H groups in total. The van der Waals surface area contributed by atoms with E-state index in [2.05, 4.69) is 20.2 Å². The summed E-state index contributed by atoms with van der Waals surface area (Å²) in [6.07, 6.45) is 6.67. The molecule has 4 heteroatoms. The van der Waals surface area contributed by atoms with E-state index in [1.54, 1.807) is 0 Å². The maximum absolute atomic E-state index is 4.67. The number of azo groups is 1. The first-order valence-corrected chi connectivity index (χ1v) is 8.42. The van der Waals surface area contributed by atoms with Crippen LogP contribution in [0.25, 0.3) is 22.1 Å². The van der Waals surface area contributed by atoms with Gasteiger partial charge in [-0.15, -0.1) is 0 Å². The third-order valence-electron chi connectivity index (χ3n) is 4.57. The molecule has 0 atom stereocenters. The van der Waals surface area contributed by atoms with Gasteiger partial charge in [0.1, 0.15) is 0 Å². The minimum absolute atomic E-state index is 0.719. The van der Waals surface area contributed by atoms with Gasteiger partial charge in [0, 0.05) is 0 Å². The van der Waals surface area contributed by atoms with E-state index in [0.717, 1.165) is 40.2 Å². The Labute approximate surface area is 135 Å². The Hall–Kier alpha value is -2.36. The van der Waals surface area contributed by atoms with Crippen molar-refractivity contribution in [2.75, 3.05) is 6.54 Å². The van der Waals surface area contributed by atoms with Crippen molar-refractivity contribution in [3.8, 4) is 0 Å². The van der Waals surface area contributed by atoms with E-state index in [0.29, 0.717) is 0 Å². The molecule has 1 fully saturated rings. The highest BCUT2D eigenvalue weighted by Gasteiger charge is 2.12. The number of rotatable bonds is 3. The molecule has 23 heavy (non-hydrogen) atoms. The van der Waals surface area contributed by atoms with Crippen LogP contribution in [-0.4, -0.2) is 16.5 Å². The SMILES string of the molecule is c1ccc2nc3cc(N=NCC4CCCCC4)ccc3nc2c1. The first kappa shape index (κ1) is 14.2. The lowest BCUT2D eigenvalue weighted by atomic mass is 9.89. The van der Waals surface area contributed by atoms with E-state index in [1.807, 2.05) is 42.5 Å². The minimum Gasteiger partial charge on any atom is -0.245 e. The Bertz CT molecular complexity index is 850. The van der Waals surface area contributed by atoms with Crippen LogP contribution in [0.15, 0.2) is 52.7 Å². The van der Waals surface area contributed by atoms with E-state index in [1.165, 1.54) is 32.1 Å². The van der Waals surface area contributed by atoms with E-state index in [9.17, 15) is 0 Å². The Morgan fingerprint density at radius 2 is 1.52 bits per heavy atom. The molecule has 1 aliphatic carbocycles. The highest BCUT2D eigenvalue weighted by atomic mass is 15.1. The lowest BCUT2D eigenvalue weighted by molar-refractivity contribution is 0.363. The van der Waals surface area contributed by atoms with Crippen LogP contribution < -0.4 is 0 Å². The maximum Gasteiger partial charge on any atom is 0.0916 e. The van der Waals surface area contributed by atoms with E-state index in [4.69, 9.17) is 0 Å². The summed E-state index contributed by atoms with van der Waals surface area (Å²) >= 11 is 0. The number of hydrogen-bond donors (Lipinski definition) is 0.